The van der Waals surface area contributed by atoms with Gasteiger partial charge in [-0.1, -0.05) is 29.3 Å². The quantitative estimate of drug-likeness (QED) is 0.795. The van der Waals surface area contributed by atoms with E-state index < -0.39 is 0 Å². The third kappa shape index (κ3) is 6.03. The van der Waals surface area contributed by atoms with E-state index in [0.717, 1.165) is 0 Å². The van der Waals surface area contributed by atoms with Crippen LogP contribution in [0.3, 0.4) is 0 Å². The van der Waals surface area contributed by atoms with Crippen LogP contribution in [-0.4, -0.2) is 60.4 Å². The molecule has 25 heavy (non-hydrogen) atoms. The van der Waals surface area contributed by atoms with E-state index in [1.165, 1.54) is 6.08 Å². The second-order valence-electron chi connectivity index (χ2n) is 6.29. The summed E-state index contributed by atoms with van der Waals surface area (Å²) in [5.41, 5.74) is 0.642. The van der Waals surface area contributed by atoms with Crippen LogP contribution in [-0.2, 0) is 9.59 Å². The maximum Gasteiger partial charge on any atom is 0.246 e. The van der Waals surface area contributed by atoms with Crippen molar-refractivity contribution in [3.05, 3.63) is 39.9 Å². The van der Waals surface area contributed by atoms with E-state index in [0.29, 0.717) is 48.3 Å². The van der Waals surface area contributed by atoms with Crippen LogP contribution >= 0.6 is 23.2 Å². The van der Waals surface area contributed by atoms with Crippen molar-refractivity contribution in [3.8, 4) is 0 Å². The number of carbonyl (C=O) groups is 2. The van der Waals surface area contributed by atoms with Crippen molar-refractivity contribution < 1.29 is 9.59 Å². The molecular weight excluding hydrogens is 361 g/mol. The summed E-state index contributed by atoms with van der Waals surface area (Å²) < 4.78 is 0. The Morgan fingerprint density at radius 2 is 1.76 bits per heavy atom. The predicted octanol–water partition coefficient (Wildman–Crippen LogP) is 2.68. The average molecular weight is 384 g/mol. The fraction of sp³-hybridized carbons (Fsp3) is 0.444. The van der Waals surface area contributed by atoms with Gasteiger partial charge in [0.05, 0.1) is 6.54 Å². The van der Waals surface area contributed by atoms with Gasteiger partial charge in [0.15, 0.2) is 0 Å². The first-order chi connectivity index (χ1) is 11.9. The highest BCUT2D eigenvalue weighted by Gasteiger charge is 2.21. The lowest BCUT2D eigenvalue weighted by Gasteiger charge is -2.33. The van der Waals surface area contributed by atoms with Gasteiger partial charge in [-0.2, -0.15) is 0 Å². The van der Waals surface area contributed by atoms with Gasteiger partial charge in [0.2, 0.25) is 11.8 Å². The molecule has 7 heteroatoms. The molecule has 0 radical (unpaired) electrons. The lowest BCUT2D eigenvalue weighted by atomic mass is 10.2. The number of nitrogens with one attached hydrogen (secondary N) is 1. The highest BCUT2D eigenvalue weighted by Crippen LogP contribution is 2.25. The van der Waals surface area contributed by atoms with E-state index >= 15 is 0 Å². The molecule has 0 unspecified atom stereocenters. The summed E-state index contributed by atoms with van der Waals surface area (Å²) in [6.07, 6.45) is 3.14. The van der Waals surface area contributed by atoms with Crippen molar-refractivity contribution in [2.24, 2.45) is 0 Å². The molecule has 1 aromatic carbocycles. The van der Waals surface area contributed by atoms with Gasteiger partial charge < -0.3 is 10.2 Å². The molecule has 0 bridgehead atoms. The molecular formula is C18H23Cl2N3O2. The number of piperazine rings is 1. The molecule has 2 rings (SSSR count). The number of rotatable bonds is 5. The second-order valence-corrected chi connectivity index (χ2v) is 7.11. The number of nitrogens with zero attached hydrogens (tertiary/aromatic N) is 2. The maximum atomic E-state index is 12.3. The molecule has 1 aliphatic heterocycles. The van der Waals surface area contributed by atoms with Crippen LogP contribution in [0.4, 0.5) is 0 Å². The van der Waals surface area contributed by atoms with E-state index in [4.69, 9.17) is 23.2 Å². The van der Waals surface area contributed by atoms with E-state index in [-0.39, 0.29) is 17.9 Å². The number of halogens is 2. The molecule has 136 valence electrons. The van der Waals surface area contributed by atoms with Crippen molar-refractivity contribution in [1.29, 1.82) is 0 Å². The predicted molar refractivity (Wildman–Crippen MR) is 102 cm³/mol. The lowest BCUT2D eigenvalue weighted by Crippen LogP contribution is -2.51. The van der Waals surface area contributed by atoms with Crippen LogP contribution in [0.15, 0.2) is 24.3 Å². The summed E-state index contributed by atoms with van der Waals surface area (Å²) in [7, 11) is 0. The van der Waals surface area contributed by atoms with Crippen molar-refractivity contribution in [1.82, 2.24) is 15.1 Å². The standard InChI is InChI=1S/C18H23Cl2N3O2/c1-13(2)21-17(24)12-22-8-10-23(11-9-22)18(25)7-6-14-15(19)4-3-5-16(14)20/h3-7,13H,8-12H2,1-2H3,(H,21,24). The van der Waals surface area contributed by atoms with Gasteiger partial charge in [-0.3, -0.25) is 14.5 Å². The first-order valence-electron chi connectivity index (χ1n) is 8.29. The first-order valence-corrected chi connectivity index (χ1v) is 9.05. The zero-order valence-corrected chi connectivity index (χ0v) is 16.0. The highest BCUT2D eigenvalue weighted by molar-refractivity contribution is 6.37. The van der Waals surface area contributed by atoms with Gasteiger partial charge >= 0.3 is 0 Å². The summed E-state index contributed by atoms with van der Waals surface area (Å²) in [6.45, 7) is 6.78. The summed E-state index contributed by atoms with van der Waals surface area (Å²) in [5.74, 6) is -0.0645. The summed E-state index contributed by atoms with van der Waals surface area (Å²) in [6, 6.07) is 5.37. The fourth-order valence-electron chi connectivity index (χ4n) is 2.63. The van der Waals surface area contributed by atoms with Crippen LogP contribution < -0.4 is 5.32 Å². The minimum absolute atomic E-state index is 0.0167. The largest absolute Gasteiger partial charge is 0.353 e. The summed E-state index contributed by atoms with van der Waals surface area (Å²) >= 11 is 12.2. The van der Waals surface area contributed by atoms with Crippen LogP contribution in [0, 0.1) is 0 Å². The van der Waals surface area contributed by atoms with Crippen molar-refractivity contribution in [2.45, 2.75) is 19.9 Å². The molecule has 0 atom stereocenters. The van der Waals surface area contributed by atoms with Crippen LogP contribution in [0.2, 0.25) is 10.0 Å². The molecule has 5 nitrogen and oxygen atoms in total. The molecule has 1 saturated heterocycles. The van der Waals surface area contributed by atoms with Crippen molar-refractivity contribution in [3.63, 3.8) is 0 Å². The van der Waals surface area contributed by atoms with E-state index in [2.05, 4.69) is 10.2 Å². The maximum absolute atomic E-state index is 12.3. The number of carbonyl (C=O) groups excluding carboxylic acids is 2. The SMILES string of the molecule is CC(C)NC(=O)CN1CCN(C(=O)C=Cc2c(Cl)cccc2Cl)CC1. The minimum Gasteiger partial charge on any atom is -0.353 e. The lowest BCUT2D eigenvalue weighted by molar-refractivity contribution is -0.128. The molecule has 0 aliphatic carbocycles. The van der Waals surface area contributed by atoms with Gasteiger partial charge in [0.1, 0.15) is 0 Å². The van der Waals surface area contributed by atoms with E-state index in [1.807, 2.05) is 13.8 Å². The van der Waals surface area contributed by atoms with Crippen molar-refractivity contribution in [2.75, 3.05) is 32.7 Å². The first kappa shape index (κ1) is 19.8. The van der Waals surface area contributed by atoms with E-state index in [1.54, 1.807) is 29.2 Å². The molecule has 1 aliphatic rings. The Morgan fingerprint density at radius 1 is 1.16 bits per heavy atom. The smallest absolute Gasteiger partial charge is 0.246 e. The monoisotopic (exact) mass is 383 g/mol. The molecule has 1 N–H and O–H groups in total. The van der Waals surface area contributed by atoms with Crippen LogP contribution in [0.5, 0.6) is 0 Å². The zero-order valence-electron chi connectivity index (χ0n) is 14.5. The molecule has 1 aromatic rings. The van der Waals surface area contributed by atoms with Gasteiger partial charge in [0, 0.05) is 53.9 Å². The zero-order chi connectivity index (χ0) is 18.4. The number of hydrogen-bond donors (Lipinski definition) is 1. The van der Waals surface area contributed by atoms with Gasteiger partial charge in [-0.25, -0.2) is 0 Å². The molecule has 0 spiro atoms. The Bertz CT molecular complexity index is 633. The van der Waals surface area contributed by atoms with Crippen LogP contribution in [0.25, 0.3) is 6.08 Å². The molecule has 1 heterocycles. The second kappa shape index (κ2) is 9.22. The third-order valence-electron chi connectivity index (χ3n) is 3.89. The fourth-order valence-corrected chi connectivity index (χ4v) is 3.15. The molecule has 0 aromatic heterocycles. The average Bonchev–Trinajstić information content (AvgIpc) is 2.54. The number of amides is 2. The molecule has 1 fully saturated rings. The van der Waals surface area contributed by atoms with E-state index in [9.17, 15) is 9.59 Å². The summed E-state index contributed by atoms with van der Waals surface area (Å²) in [5, 5.41) is 3.90. The van der Waals surface area contributed by atoms with Gasteiger partial charge in [-0.15, -0.1) is 0 Å². The third-order valence-corrected chi connectivity index (χ3v) is 4.55. The highest BCUT2D eigenvalue weighted by atomic mass is 35.5. The Labute approximate surface area is 158 Å². The summed E-state index contributed by atoms with van der Waals surface area (Å²) in [4.78, 5) is 27.9. The Balaban J connectivity index is 1.85. The minimum atomic E-state index is -0.0812. The van der Waals surface area contributed by atoms with Gasteiger partial charge in [-0.05, 0) is 32.1 Å². The Hall–Kier alpha value is -1.56. The number of hydrogen-bond acceptors (Lipinski definition) is 3. The van der Waals surface area contributed by atoms with Crippen molar-refractivity contribution >= 4 is 41.1 Å². The molecule has 0 saturated carbocycles. The molecule has 2 amide bonds. The normalized spacial score (nSPS) is 15.8. The number of benzene rings is 1. The van der Waals surface area contributed by atoms with Crippen LogP contribution in [0.1, 0.15) is 19.4 Å². The van der Waals surface area contributed by atoms with Gasteiger partial charge in [0.25, 0.3) is 0 Å². The Kier molecular flexibility index (Phi) is 7.29. The Morgan fingerprint density at radius 3 is 2.32 bits per heavy atom. The topological polar surface area (TPSA) is 52.7 Å².